The molecule has 0 heterocycles. The van der Waals surface area contributed by atoms with Gasteiger partial charge in [0, 0.05) is 6.04 Å². The van der Waals surface area contributed by atoms with Crippen molar-refractivity contribution in [2.45, 2.75) is 64.5 Å². The molecule has 4 nitrogen and oxygen atoms in total. The van der Waals surface area contributed by atoms with Crippen LogP contribution in [0.3, 0.4) is 0 Å². The van der Waals surface area contributed by atoms with E-state index in [1.165, 1.54) is 20.0 Å². The lowest BCUT2D eigenvalue weighted by Gasteiger charge is -2.31. The molecule has 1 aliphatic carbocycles. The normalized spacial score (nSPS) is 26.9. The molecule has 2 unspecified atom stereocenters. The second-order valence-corrected chi connectivity index (χ2v) is 5.48. The maximum atomic E-state index is 12.1. The quantitative estimate of drug-likeness (QED) is 0.686. The van der Waals surface area contributed by atoms with Crippen molar-refractivity contribution >= 4 is 5.97 Å². The van der Waals surface area contributed by atoms with Gasteiger partial charge in [0.05, 0.1) is 7.11 Å². The summed E-state index contributed by atoms with van der Waals surface area (Å²) in [6.45, 7) is 9.49. The van der Waals surface area contributed by atoms with Crippen LogP contribution in [0, 0.1) is 0 Å². The SMILES string of the molecule is CCCCN(CC)C1CCC(NCC)(C(=O)OC)C1. The zero-order chi connectivity index (χ0) is 14.3. The highest BCUT2D eigenvalue weighted by atomic mass is 16.5. The summed E-state index contributed by atoms with van der Waals surface area (Å²) >= 11 is 0. The van der Waals surface area contributed by atoms with Crippen LogP contribution in [-0.4, -0.2) is 49.2 Å². The zero-order valence-corrected chi connectivity index (χ0v) is 13.0. The molecule has 0 bridgehead atoms. The van der Waals surface area contributed by atoms with Crippen molar-refractivity contribution in [1.82, 2.24) is 10.2 Å². The fourth-order valence-corrected chi connectivity index (χ4v) is 3.24. The van der Waals surface area contributed by atoms with Crippen molar-refractivity contribution < 1.29 is 9.53 Å². The Hall–Kier alpha value is -0.610. The molecule has 1 saturated carbocycles. The number of carbonyl (C=O) groups excluding carboxylic acids is 1. The number of hydrogen-bond donors (Lipinski definition) is 1. The monoisotopic (exact) mass is 270 g/mol. The third kappa shape index (κ3) is 3.93. The van der Waals surface area contributed by atoms with Gasteiger partial charge in [-0.1, -0.05) is 27.2 Å². The van der Waals surface area contributed by atoms with Crippen molar-refractivity contribution in [1.29, 1.82) is 0 Å². The van der Waals surface area contributed by atoms with Crippen molar-refractivity contribution in [2.24, 2.45) is 0 Å². The summed E-state index contributed by atoms with van der Waals surface area (Å²) in [6, 6.07) is 0.509. The van der Waals surface area contributed by atoms with E-state index in [-0.39, 0.29) is 5.97 Å². The van der Waals surface area contributed by atoms with E-state index in [1.54, 1.807) is 0 Å². The van der Waals surface area contributed by atoms with Gasteiger partial charge in [-0.25, -0.2) is 0 Å². The lowest BCUT2D eigenvalue weighted by Crippen LogP contribution is -2.52. The topological polar surface area (TPSA) is 41.6 Å². The van der Waals surface area contributed by atoms with E-state index in [2.05, 4.69) is 24.1 Å². The molecule has 0 radical (unpaired) electrons. The molecule has 0 aromatic rings. The highest BCUT2D eigenvalue weighted by molar-refractivity contribution is 5.81. The van der Waals surface area contributed by atoms with Crippen molar-refractivity contribution in [3.63, 3.8) is 0 Å². The predicted molar refractivity (Wildman–Crippen MR) is 78.2 cm³/mol. The van der Waals surface area contributed by atoms with E-state index in [1.807, 2.05) is 6.92 Å². The molecule has 1 aliphatic rings. The van der Waals surface area contributed by atoms with Gasteiger partial charge in [-0.05, 0) is 45.3 Å². The molecule has 112 valence electrons. The van der Waals surface area contributed by atoms with Crippen LogP contribution in [0.5, 0.6) is 0 Å². The predicted octanol–water partition coefficient (Wildman–Crippen LogP) is 2.18. The molecule has 0 spiro atoms. The average Bonchev–Trinajstić information content (AvgIpc) is 2.84. The van der Waals surface area contributed by atoms with Gasteiger partial charge in [-0.2, -0.15) is 0 Å². The summed E-state index contributed by atoms with van der Waals surface area (Å²) in [5.74, 6) is -0.0941. The second-order valence-electron chi connectivity index (χ2n) is 5.48. The van der Waals surface area contributed by atoms with Crippen LogP contribution in [0.2, 0.25) is 0 Å². The Balaban J connectivity index is 2.68. The summed E-state index contributed by atoms with van der Waals surface area (Å²) in [5, 5.41) is 3.37. The van der Waals surface area contributed by atoms with E-state index in [9.17, 15) is 4.79 Å². The molecule has 1 rings (SSSR count). The number of methoxy groups -OCH3 is 1. The standard InChI is InChI=1S/C15H30N2O2/c1-5-8-11-17(7-3)13-9-10-15(12-13,16-6-2)14(18)19-4/h13,16H,5-12H2,1-4H3. The molecule has 0 saturated heterocycles. The number of carbonyl (C=O) groups is 1. The molecule has 0 aliphatic heterocycles. The van der Waals surface area contributed by atoms with Gasteiger partial charge in [-0.15, -0.1) is 0 Å². The number of likely N-dealkylation sites (N-methyl/N-ethyl adjacent to an activating group) is 1. The first-order valence-corrected chi connectivity index (χ1v) is 7.71. The first-order valence-electron chi connectivity index (χ1n) is 7.71. The zero-order valence-electron chi connectivity index (χ0n) is 13.0. The van der Waals surface area contributed by atoms with Crippen molar-refractivity contribution in [2.75, 3.05) is 26.7 Å². The number of nitrogens with one attached hydrogen (secondary N) is 1. The molecule has 19 heavy (non-hydrogen) atoms. The summed E-state index contributed by atoms with van der Waals surface area (Å²) < 4.78 is 5.01. The van der Waals surface area contributed by atoms with Gasteiger partial charge in [0.15, 0.2) is 0 Å². The molecular weight excluding hydrogens is 240 g/mol. The van der Waals surface area contributed by atoms with Crippen LogP contribution in [-0.2, 0) is 9.53 Å². The Morgan fingerprint density at radius 2 is 2.16 bits per heavy atom. The van der Waals surface area contributed by atoms with Crippen LogP contribution < -0.4 is 5.32 Å². The number of nitrogens with zero attached hydrogens (tertiary/aromatic N) is 1. The molecule has 0 aromatic heterocycles. The second kappa shape index (κ2) is 7.85. The molecule has 4 heteroatoms. The Morgan fingerprint density at radius 1 is 1.42 bits per heavy atom. The smallest absolute Gasteiger partial charge is 0.326 e. The molecular formula is C15H30N2O2. The van der Waals surface area contributed by atoms with E-state index in [0.717, 1.165) is 38.9 Å². The third-order valence-corrected chi connectivity index (χ3v) is 4.30. The molecule has 0 aromatic carbocycles. The largest absolute Gasteiger partial charge is 0.468 e. The number of unbranched alkanes of at least 4 members (excludes halogenated alkanes) is 1. The Kier molecular flexibility index (Phi) is 6.80. The Labute approximate surface area is 117 Å². The number of esters is 1. The van der Waals surface area contributed by atoms with Crippen LogP contribution in [0.4, 0.5) is 0 Å². The number of hydrogen-bond acceptors (Lipinski definition) is 4. The summed E-state index contributed by atoms with van der Waals surface area (Å²) in [7, 11) is 1.49. The maximum Gasteiger partial charge on any atom is 0.326 e. The lowest BCUT2D eigenvalue weighted by atomic mass is 9.97. The van der Waals surface area contributed by atoms with Gasteiger partial charge in [-0.3, -0.25) is 4.79 Å². The van der Waals surface area contributed by atoms with E-state index in [4.69, 9.17) is 4.74 Å². The number of rotatable bonds is 8. The fourth-order valence-electron chi connectivity index (χ4n) is 3.24. The Bertz CT molecular complexity index is 283. The number of ether oxygens (including phenoxy) is 1. The minimum absolute atomic E-state index is 0.0941. The average molecular weight is 270 g/mol. The van der Waals surface area contributed by atoms with E-state index < -0.39 is 5.54 Å². The highest BCUT2D eigenvalue weighted by Crippen LogP contribution is 2.34. The van der Waals surface area contributed by atoms with Crippen molar-refractivity contribution in [3.05, 3.63) is 0 Å². The van der Waals surface area contributed by atoms with Gasteiger partial charge in [0.25, 0.3) is 0 Å². The maximum absolute atomic E-state index is 12.1. The van der Waals surface area contributed by atoms with Crippen molar-refractivity contribution in [3.8, 4) is 0 Å². The first-order chi connectivity index (χ1) is 9.13. The Morgan fingerprint density at radius 3 is 2.68 bits per heavy atom. The van der Waals surface area contributed by atoms with Crippen LogP contribution in [0.25, 0.3) is 0 Å². The molecule has 0 amide bonds. The van der Waals surface area contributed by atoms with Gasteiger partial charge in [0.1, 0.15) is 5.54 Å². The minimum Gasteiger partial charge on any atom is -0.468 e. The van der Waals surface area contributed by atoms with Crippen LogP contribution in [0.15, 0.2) is 0 Å². The highest BCUT2D eigenvalue weighted by Gasteiger charge is 2.46. The van der Waals surface area contributed by atoms with Gasteiger partial charge < -0.3 is 15.0 Å². The van der Waals surface area contributed by atoms with Crippen LogP contribution >= 0.6 is 0 Å². The first kappa shape index (κ1) is 16.4. The third-order valence-electron chi connectivity index (χ3n) is 4.30. The summed E-state index contributed by atoms with van der Waals surface area (Å²) in [6.07, 6.45) is 5.31. The summed E-state index contributed by atoms with van der Waals surface area (Å²) in [5.41, 5.74) is -0.451. The van der Waals surface area contributed by atoms with Gasteiger partial charge in [0.2, 0.25) is 0 Å². The lowest BCUT2D eigenvalue weighted by molar-refractivity contribution is -0.148. The van der Waals surface area contributed by atoms with E-state index >= 15 is 0 Å². The molecule has 1 N–H and O–H groups in total. The molecule has 1 fully saturated rings. The van der Waals surface area contributed by atoms with Crippen LogP contribution in [0.1, 0.15) is 52.9 Å². The van der Waals surface area contributed by atoms with E-state index in [0.29, 0.717) is 6.04 Å². The summed E-state index contributed by atoms with van der Waals surface area (Å²) in [4.78, 5) is 14.6. The minimum atomic E-state index is -0.451. The fraction of sp³-hybridized carbons (Fsp3) is 0.933. The molecule has 2 atom stereocenters. The van der Waals surface area contributed by atoms with Gasteiger partial charge >= 0.3 is 5.97 Å².